The molecule has 2 N–H and O–H groups in total. The van der Waals surface area contributed by atoms with Crippen molar-refractivity contribution in [3.8, 4) is 0 Å². The lowest BCUT2D eigenvalue weighted by Crippen LogP contribution is -2.44. The predicted octanol–water partition coefficient (Wildman–Crippen LogP) is 0.887. The molecule has 0 unspecified atom stereocenters. The first-order valence-corrected chi connectivity index (χ1v) is 8.75. The zero-order valence-corrected chi connectivity index (χ0v) is 15.1. The molecule has 0 aliphatic heterocycles. The second-order valence-electron chi connectivity index (χ2n) is 6.81. The molecule has 0 spiro atoms. The van der Waals surface area contributed by atoms with E-state index in [1.54, 1.807) is 6.26 Å². The number of carbonyl (C=O) groups is 1. The molecule has 1 aliphatic carbocycles. The van der Waals surface area contributed by atoms with Gasteiger partial charge in [0.25, 0.3) is 5.56 Å². The molecule has 0 bridgehead atoms. The van der Waals surface area contributed by atoms with Crippen LogP contribution in [0.5, 0.6) is 0 Å². The highest BCUT2D eigenvalue weighted by atomic mass is 16.3. The Hall–Kier alpha value is -2.61. The van der Waals surface area contributed by atoms with E-state index in [-0.39, 0.29) is 29.8 Å². The minimum atomic E-state index is -0.653. The van der Waals surface area contributed by atoms with Gasteiger partial charge in [-0.05, 0) is 25.0 Å². The Morgan fingerprint density at radius 1 is 1.27 bits per heavy atom. The maximum atomic E-state index is 12.9. The van der Waals surface area contributed by atoms with Crippen LogP contribution in [0.1, 0.15) is 41.8 Å². The van der Waals surface area contributed by atoms with Gasteiger partial charge in [0.15, 0.2) is 5.78 Å². The third kappa shape index (κ3) is 3.37. The van der Waals surface area contributed by atoms with E-state index < -0.39 is 11.2 Å². The molecular weight excluding hydrogens is 336 g/mol. The maximum Gasteiger partial charge on any atom is 0.332 e. The fourth-order valence-electron chi connectivity index (χ4n) is 3.57. The lowest BCUT2D eigenvalue weighted by Gasteiger charge is -2.27. The van der Waals surface area contributed by atoms with E-state index in [1.165, 1.54) is 14.1 Å². The number of hydrogen-bond donors (Lipinski definition) is 1. The Morgan fingerprint density at radius 2 is 1.96 bits per heavy atom. The van der Waals surface area contributed by atoms with Gasteiger partial charge in [0, 0.05) is 20.1 Å². The van der Waals surface area contributed by atoms with Crippen molar-refractivity contribution in [3.63, 3.8) is 0 Å². The summed E-state index contributed by atoms with van der Waals surface area (Å²) >= 11 is 0. The molecule has 8 heteroatoms. The zero-order valence-electron chi connectivity index (χ0n) is 15.1. The van der Waals surface area contributed by atoms with Gasteiger partial charge in [-0.1, -0.05) is 12.8 Å². The molecule has 1 fully saturated rings. The van der Waals surface area contributed by atoms with Gasteiger partial charge in [0.05, 0.1) is 19.4 Å². The van der Waals surface area contributed by atoms with Crippen molar-refractivity contribution in [2.75, 3.05) is 12.3 Å². The molecule has 0 amide bonds. The van der Waals surface area contributed by atoms with Crippen LogP contribution in [0.15, 0.2) is 32.4 Å². The number of ketones is 1. The Balaban J connectivity index is 1.91. The van der Waals surface area contributed by atoms with E-state index in [9.17, 15) is 14.4 Å². The second kappa shape index (κ2) is 7.33. The molecule has 3 rings (SSSR count). The van der Waals surface area contributed by atoms with E-state index in [2.05, 4.69) is 0 Å². The number of rotatable bonds is 6. The summed E-state index contributed by atoms with van der Waals surface area (Å²) in [5.74, 6) is 0.302. The van der Waals surface area contributed by atoms with Gasteiger partial charge in [-0.25, -0.2) is 4.79 Å². The summed E-state index contributed by atoms with van der Waals surface area (Å²) in [6.07, 6.45) is 5.86. The summed E-state index contributed by atoms with van der Waals surface area (Å²) in [5, 5.41) is 0. The number of carbonyl (C=O) groups excluding carboxylic acids is 1. The molecule has 2 aromatic rings. The fraction of sp³-hybridized carbons (Fsp3) is 0.500. The minimum absolute atomic E-state index is 0.0585. The molecule has 26 heavy (non-hydrogen) atoms. The number of aromatic nitrogens is 2. The highest BCUT2D eigenvalue weighted by Crippen LogP contribution is 2.25. The number of furan rings is 1. The van der Waals surface area contributed by atoms with Gasteiger partial charge in [0.2, 0.25) is 0 Å². The third-order valence-electron chi connectivity index (χ3n) is 5.12. The van der Waals surface area contributed by atoms with E-state index in [0.29, 0.717) is 6.54 Å². The molecule has 1 saturated carbocycles. The van der Waals surface area contributed by atoms with Crippen LogP contribution >= 0.6 is 0 Å². The van der Waals surface area contributed by atoms with Gasteiger partial charge in [-0.3, -0.25) is 23.6 Å². The molecule has 1 aliphatic rings. The molecular formula is C18H24N4O4. The van der Waals surface area contributed by atoms with Crippen LogP contribution in [0.4, 0.5) is 5.82 Å². The van der Waals surface area contributed by atoms with Gasteiger partial charge >= 0.3 is 5.69 Å². The van der Waals surface area contributed by atoms with Crippen LogP contribution in [0, 0.1) is 0 Å². The standard InChI is InChI=1S/C18H24N4O4/c1-20-16(19)15(17(24)21(2)18(20)25)14(23)11-22(12-6-3-4-7-12)10-13-8-5-9-26-13/h5,8-9,12H,3-4,6-7,10-11,19H2,1-2H3. The summed E-state index contributed by atoms with van der Waals surface area (Å²) in [5.41, 5.74) is 4.58. The van der Waals surface area contributed by atoms with Crippen molar-refractivity contribution in [2.24, 2.45) is 14.1 Å². The van der Waals surface area contributed by atoms with Crippen LogP contribution in [-0.4, -0.2) is 32.4 Å². The van der Waals surface area contributed by atoms with Gasteiger partial charge < -0.3 is 10.2 Å². The summed E-state index contributed by atoms with van der Waals surface area (Å²) in [6.45, 7) is 0.554. The highest BCUT2D eigenvalue weighted by molar-refractivity contribution is 6.01. The SMILES string of the molecule is Cn1c(N)c(C(=O)CN(Cc2ccco2)C2CCCC2)c(=O)n(C)c1=O. The monoisotopic (exact) mass is 360 g/mol. The van der Waals surface area contributed by atoms with Gasteiger partial charge in [0.1, 0.15) is 17.1 Å². The molecule has 8 nitrogen and oxygen atoms in total. The van der Waals surface area contributed by atoms with Crippen molar-refractivity contribution < 1.29 is 9.21 Å². The Morgan fingerprint density at radius 3 is 2.58 bits per heavy atom. The average Bonchev–Trinajstić information content (AvgIpc) is 3.31. The van der Waals surface area contributed by atoms with E-state index in [1.807, 2.05) is 17.0 Å². The van der Waals surface area contributed by atoms with Crippen molar-refractivity contribution >= 4 is 11.6 Å². The number of Topliss-reactive ketones (excluding diaryl/α,β-unsaturated/α-hetero) is 1. The average molecular weight is 360 g/mol. The zero-order chi connectivity index (χ0) is 18.8. The van der Waals surface area contributed by atoms with Gasteiger partial charge in [-0.2, -0.15) is 0 Å². The van der Waals surface area contributed by atoms with Crippen molar-refractivity contribution in [2.45, 2.75) is 38.3 Å². The Labute approximate surface area is 150 Å². The highest BCUT2D eigenvalue weighted by Gasteiger charge is 2.28. The van der Waals surface area contributed by atoms with Crippen LogP contribution < -0.4 is 17.0 Å². The third-order valence-corrected chi connectivity index (χ3v) is 5.12. The topological polar surface area (TPSA) is 103 Å². The van der Waals surface area contributed by atoms with Crippen LogP contribution in [0.25, 0.3) is 0 Å². The molecule has 2 heterocycles. The smallest absolute Gasteiger partial charge is 0.332 e. The van der Waals surface area contributed by atoms with Gasteiger partial charge in [-0.15, -0.1) is 0 Å². The van der Waals surface area contributed by atoms with Crippen molar-refractivity contribution in [1.82, 2.24) is 14.0 Å². The number of hydrogen-bond acceptors (Lipinski definition) is 6. The minimum Gasteiger partial charge on any atom is -0.468 e. The number of nitrogen functional groups attached to an aromatic ring is 1. The molecule has 0 atom stereocenters. The van der Waals surface area contributed by atoms with Crippen molar-refractivity contribution in [3.05, 3.63) is 50.6 Å². The molecule has 2 aromatic heterocycles. The van der Waals surface area contributed by atoms with E-state index in [0.717, 1.165) is 40.6 Å². The summed E-state index contributed by atoms with van der Waals surface area (Å²) in [7, 11) is 2.80. The Kier molecular flexibility index (Phi) is 5.13. The summed E-state index contributed by atoms with van der Waals surface area (Å²) < 4.78 is 7.46. The first-order chi connectivity index (χ1) is 12.4. The van der Waals surface area contributed by atoms with E-state index >= 15 is 0 Å². The first kappa shape index (κ1) is 18.2. The van der Waals surface area contributed by atoms with Crippen molar-refractivity contribution in [1.29, 1.82) is 0 Å². The first-order valence-electron chi connectivity index (χ1n) is 8.75. The predicted molar refractivity (Wildman–Crippen MR) is 97.0 cm³/mol. The summed E-state index contributed by atoms with van der Waals surface area (Å²) in [4.78, 5) is 39.3. The second-order valence-corrected chi connectivity index (χ2v) is 6.81. The van der Waals surface area contributed by atoms with Crippen LogP contribution in [-0.2, 0) is 20.6 Å². The normalized spacial score (nSPS) is 15.0. The fourth-order valence-corrected chi connectivity index (χ4v) is 3.57. The molecule has 0 radical (unpaired) electrons. The molecule has 0 aromatic carbocycles. The largest absolute Gasteiger partial charge is 0.468 e. The van der Waals surface area contributed by atoms with Crippen LogP contribution in [0.2, 0.25) is 0 Å². The molecule has 140 valence electrons. The number of anilines is 1. The van der Waals surface area contributed by atoms with E-state index in [4.69, 9.17) is 10.2 Å². The quantitative estimate of drug-likeness (QED) is 0.767. The Bertz CT molecular complexity index is 905. The lowest BCUT2D eigenvalue weighted by molar-refractivity contribution is 0.0871. The lowest BCUT2D eigenvalue weighted by atomic mass is 10.1. The number of nitrogens with two attached hydrogens (primary N) is 1. The molecule has 0 saturated heterocycles. The summed E-state index contributed by atoms with van der Waals surface area (Å²) in [6, 6.07) is 3.94. The van der Waals surface area contributed by atoms with Crippen LogP contribution in [0.3, 0.4) is 0 Å². The maximum absolute atomic E-state index is 12.9. The number of nitrogens with zero attached hydrogens (tertiary/aromatic N) is 3.